The first-order valence-corrected chi connectivity index (χ1v) is 16.5. The van der Waals surface area contributed by atoms with Crippen LogP contribution in [0.3, 0.4) is 0 Å². The summed E-state index contributed by atoms with van der Waals surface area (Å²) in [5.41, 5.74) is 1.60. The van der Waals surface area contributed by atoms with Crippen molar-refractivity contribution < 1.29 is 24.9 Å². The lowest BCUT2D eigenvalue weighted by Crippen LogP contribution is -2.51. The number of aliphatic hydroxyl groups excluding tert-OH is 1. The average Bonchev–Trinajstić information content (AvgIpc) is 3.36. The molecule has 0 aromatic heterocycles. The number of fused-ring (bicyclic) bond motifs is 2. The largest absolute Gasteiger partial charge is 0.492 e. The number of carboxylic acids is 1. The highest BCUT2D eigenvalue weighted by atomic mass is 16.5. The Bertz CT molecular complexity index is 941. The van der Waals surface area contributed by atoms with Crippen LogP contribution in [0.4, 0.5) is 0 Å². The Balaban J connectivity index is 0.000000666. The summed E-state index contributed by atoms with van der Waals surface area (Å²) < 4.78 is 6.65. The summed E-state index contributed by atoms with van der Waals surface area (Å²) in [5.74, 6) is 3.55. The van der Waals surface area contributed by atoms with E-state index in [0.717, 1.165) is 43.3 Å². The zero-order chi connectivity index (χ0) is 31.6. The first-order valence-electron chi connectivity index (χ1n) is 16.5. The molecule has 4 unspecified atom stereocenters. The summed E-state index contributed by atoms with van der Waals surface area (Å²) in [4.78, 5) is 9.00. The zero-order valence-electron chi connectivity index (χ0n) is 27.9. The third-order valence-corrected chi connectivity index (χ3v) is 12.1. The molecule has 0 aromatic carbocycles. The predicted molar refractivity (Wildman–Crippen MR) is 168 cm³/mol. The van der Waals surface area contributed by atoms with Crippen molar-refractivity contribution in [2.75, 3.05) is 0 Å². The average molecular weight is 575 g/mol. The van der Waals surface area contributed by atoms with Crippen LogP contribution >= 0.6 is 0 Å². The van der Waals surface area contributed by atoms with E-state index in [2.05, 4.69) is 47.5 Å². The molecule has 4 saturated carbocycles. The first kappa shape index (κ1) is 35.7. The molecule has 5 nitrogen and oxygen atoms in total. The molecule has 3 N–H and O–H groups in total. The van der Waals surface area contributed by atoms with Gasteiger partial charge in [0.2, 0.25) is 0 Å². The van der Waals surface area contributed by atoms with Gasteiger partial charge in [-0.05, 0) is 105 Å². The van der Waals surface area contributed by atoms with Gasteiger partial charge in [-0.15, -0.1) is 12.8 Å². The number of ether oxygens (including phenoxy) is 1. The number of aliphatic hydroxyl groups is 2. The topological polar surface area (TPSA) is 87.0 Å². The van der Waals surface area contributed by atoms with Gasteiger partial charge < -0.3 is 20.1 Å². The second-order valence-electron chi connectivity index (χ2n) is 14.4. The van der Waals surface area contributed by atoms with Crippen LogP contribution in [0.15, 0.2) is 11.3 Å². The minimum atomic E-state index is -0.833. The molecule has 0 bridgehead atoms. The SMILES string of the molecule is C#C.CC.CC(=O)O.CCC[C@H](CC(C)(C)O)OC1=C(C)[C@@]2(C)CC[C@@]34[C@H](C)C35CCCC(C)C5CC[C@H]4C2[C@H]1O. The van der Waals surface area contributed by atoms with E-state index in [1.807, 2.05) is 27.7 Å². The molecule has 4 fully saturated rings. The molecular formula is C36H62O5. The zero-order valence-corrected chi connectivity index (χ0v) is 27.9. The van der Waals surface area contributed by atoms with Gasteiger partial charge in [-0.1, -0.05) is 60.8 Å². The van der Waals surface area contributed by atoms with Crippen molar-refractivity contribution in [1.82, 2.24) is 0 Å². The number of rotatable bonds is 6. The molecule has 0 amide bonds. The monoisotopic (exact) mass is 574 g/mol. The molecule has 236 valence electrons. The van der Waals surface area contributed by atoms with E-state index in [9.17, 15) is 10.2 Å². The summed E-state index contributed by atoms with van der Waals surface area (Å²) >= 11 is 0. The van der Waals surface area contributed by atoms with Crippen LogP contribution in [0.2, 0.25) is 0 Å². The summed E-state index contributed by atoms with van der Waals surface area (Å²) in [6.45, 7) is 20.8. The standard InChI is InChI=1S/C30H50O3.C2H4O2.C2H6.C2H2/c1-8-10-21(17-27(5,6)32)33-26-19(3)28(7)15-16-30-20(4)29(30)14-9-11-18(2)22(29)12-13-23(30)24(28)25(26)31;1-2(3)4;2*1-2/h18,20-25,31-32H,8-17H2,1-7H3;1H3,(H,3,4);1-2H3;1-2H/t18?,20-,21-,22?,23+,24?,25-,28-,29?,30+;;;/m1.../s1. The highest BCUT2D eigenvalue weighted by molar-refractivity contribution is 5.62. The molecule has 0 heterocycles. The summed E-state index contributed by atoms with van der Waals surface area (Å²) in [6.07, 6.45) is 19.5. The van der Waals surface area contributed by atoms with E-state index in [0.29, 0.717) is 29.1 Å². The molecule has 5 aliphatic rings. The minimum Gasteiger partial charge on any atom is -0.492 e. The molecule has 0 radical (unpaired) electrons. The Morgan fingerprint density at radius 2 is 1.61 bits per heavy atom. The molecular weight excluding hydrogens is 512 g/mol. The van der Waals surface area contributed by atoms with E-state index < -0.39 is 17.7 Å². The van der Waals surface area contributed by atoms with Crippen LogP contribution in [0, 0.1) is 58.7 Å². The number of carbonyl (C=O) groups is 1. The van der Waals surface area contributed by atoms with Crippen LogP contribution in [-0.2, 0) is 9.53 Å². The quantitative estimate of drug-likeness (QED) is 0.278. The van der Waals surface area contributed by atoms with Gasteiger partial charge >= 0.3 is 0 Å². The number of terminal acetylenes is 1. The predicted octanol–water partition coefficient (Wildman–Crippen LogP) is 8.23. The fourth-order valence-corrected chi connectivity index (χ4v) is 10.7. The Hall–Kier alpha value is -1.51. The fourth-order valence-electron chi connectivity index (χ4n) is 10.7. The van der Waals surface area contributed by atoms with Crippen LogP contribution in [0.25, 0.3) is 0 Å². The van der Waals surface area contributed by atoms with Crippen molar-refractivity contribution in [2.45, 2.75) is 151 Å². The maximum Gasteiger partial charge on any atom is 0.300 e. The smallest absolute Gasteiger partial charge is 0.300 e. The number of hydrogen-bond donors (Lipinski definition) is 3. The lowest BCUT2D eigenvalue weighted by molar-refractivity contribution is -0.134. The van der Waals surface area contributed by atoms with Gasteiger partial charge in [-0.2, -0.15) is 0 Å². The number of allylic oxidation sites excluding steroid dienone is 1. The summed E-state index contributed by atoms with van der Waals surface area (Å²) in [6, 6.07) is 0. The molecule has 5 rings (SSSR count). The molecule has 0 aromatic rings. The van der Waals surface area contributed by atoms with Crippen molar-refractivity contribution in [2.24, 2.45) is 45.8 Å². The van der Waals surface area contributed by atoms with Crippen molar-refractivity contribution >= 4 is 5.97 Å². The molecule has 5 aliphatic carbocycles. The van der Waals surface area contributed by atoms with Gasteiger partial charge in [-0.25, -0.2) is 0 Å². The highest BCUT2D eigenvalue weighted by Gasteiger charge is 2.83. The van der Waals surface area contributed by atoms with Crippen LogP contribution in [0.1, 0.15) is 133 Å². The van der Waals surface area contributed by atoms with Crippen LogP contribution < -0.4 is 0 Å². The molecule has 41 heavy (non-hydrogen) atoms. The van der Waals surface area contributed by atoms with Gasteiger partial charge in [0.25, 0.3) is 5.97 Å². The third-order valence-electron chi connectivity index (χ3n) is 12.1. The number of hydrogen-bond acceptors (Lipinski definition) is 4. The number of aliphatic carboxylic acids is 1. The van der Waals surface area contributed by atoms with Crippen molar-refractivity contribution in [3.8, 4) is 12.8 Å². The Kier molecular flexibility index (Phi) is 11.7. The normalized spacial score (nSPS) is 40.7. The van der Waals surface area contributed by atoms with E-state index in [-0.39, 0.29) is 11.5 Å². The van der Waals surface area contributed by atoms with E-state index in [1.165, 1.54) is 50.5 Å². The fraction of sp³-hybridized carbons (Fsp3) is 0.861. The van der Waals surface area contributed by atoms with Gasteiger partial charge in [0, 0.05) is 19.3 Å². The molecule has 2 spiro atoms. The second kappa shape index (κ2) is 13.4. The van der Waals surface area contributed by atoms with Crippen LogP contribution in [-0.4, -0.2) is 39.1 Å². The van der Waals surface area contributed by atoms with E-state index in [4.69, 9.17) is 14.6 Å². The molecule has 0 saturated heterocycles. The van der Waals surface area contributed by atoms with Gasteiger partial charge in [0.1, 0.15) is 18.0 Å². The van der Waals surface area contributed by atoms with Crippen LogP contribution in [0.5, 0.6) is 0 Å². The lowest BCUT2D eigenvalue weighted by Gasteiger charge is -2.56. The minimum absolute atomic E-state index is 0.0339. The number of carboxylic acid groups (broad SMARTS) is 1. The van der Waals surface area contributed by atoms with E-state index in [1.54, 1.807) is 0 Å². The van der Waals surface area contributed by atoms with Gasteiger partial charge in [0.15, 0.2) is 0 Å². The van der Waals surface area contributed by atoms with E-state index >= 15 is 0 Å². The molecule has 0 aliphatic heterocycles. The lowest BCUT2D eigenvalue weighted by atomic mass is 9.48. The first-order chi connectivity index (χ1) is 19.2. The molecule has 10 atom stereocenters. The maximum absolute atomic E-state index is 11.9. The highest BCUT2D eigenvalue weighted by Crippen LogP contribution is 2.88. The Labute approximate surface area is 251 Å². The molecule has 5 heteroatoms. The second-order valence-corrected chi connectivity index (χ2v) is 14.4. The summed E-state index contributed by atoms with van der Waals surface area (Å²) in [5, 5.41) is 29.8. The van der Waals surface area contributed by atoms with Crippen molar-refractivity contribution in [3.63, 3.8) is 0 Å². The summed E-state index contributed by atoms with van der Waals surface area (Å²) in [7, 11) is 0. The maximum atomic E-state index is 11.9. The Morgan fingerprint density at radius 1 is 1.07 bits per heavy atom. The van der Waals surface area contributed by atoms with Crippen molar-refractivity contribution in [3.05, 3.63) is 11.3 Å². The Morgan fingerprint density at radius 3 is 2.15 bits per heavy atom. The third kappa shape index (κ3) is 5.99. The van der Waals surface area contributed by atoms with Gasteiger partial charge in [-0.3, -0.25) is 4.79 Å². The van der Waals surface area contributed by atoms with Crippen molar-refractivity contribution in [1.29, 1.82) is 0 Å². The van der Waals surface area contributed by atoms with Gasteiger partial charge in [0.05, 0.1) is 5.60 Å².